The fourth-order valence-electron chi connectivity index (χ4n) is 3.02. The molecule has 3 rings (SSSR count). The molecule has 21 heavy (non-hydrogen) atoms. The normalized spacial score (nSPS) is 20.3. The van der Waals surface area contributed by atoms with Gasteiger partial charge in [0.15, 0.2) is 0 Å². The van der Waals surface area contributed by atoms with Crippen molar-refractivity contribution in [2.24, 2.45) is 0 Å². The molecule has 1 atom stereocenters. The monoisotopic (exact) mass is 286 g/mol. The Hall–Kier alpha value is -1.81. The van der Waals surface area contributed by atoms with Gasteiger partial charge in [-0.15, -0.1) is 0 Å². The van der Waals surface area contributed by atoms with E-state index >= 15 is 0 Å². The van der Waals surface area contributed by atoms with Crippen molar-refractivity contribution in [3.8, 4) is 0 Å². The first-order valence-electron chi connectivity index (χ1n) is 7.69. The van der Waals surface area contributed by atoms with E-state index < -0.39 is 0 Å². The summed E-state index contributed by atoms with van der Waals surface area (Å²) in [6.07, 6.45) is 6.59. The average molecular weight is 286 g/mol. The van der Waals surface area contributed by atoms with Crippen LogP contribution in [-0.2, 0) is 4.74 Å². The molecule has 2 aromatic rings. The van der Waals surface area contributed by atoms with E-state index in [2.05, 4.69) is 16.9 Å². The lowest BCUT2D eigenvalue weighted by molar-refractivity contribution is 0.0381. The van der Waals surface area contributed by atoms with Crippen LogP contribution < -0.4 is 0 Å². The van der Waals surface area contributed by atoms with Crippen molar-refractivity contribution < 1.29 is 9.53 Å². The summed E-state index contributed by atoms with van der Waals surface area (Å²) in [5.41, 5.74) is 1.60. The lowest BCUT2D eigenvalue weighted by Gasteiger charge is -2.25. The SMILES string of the molecule is CN1CCCCCC1COC(=O)c1c[nH]c2ccccc12. The average Bonchev–Trinajstić information content (AvgIpc) is 2.82. The number of para-hydroxylation sites is 1. The van der Waals surface area contributed by atoms with Gasteiger partial charge in [-0.1, -0.05) is 31.0 Å². The van der Waals surface area contributed by atoms with Crippen molar-refractivity contribution in [2.45, 2.75) is 31.7 Å². The zero-order valence-electron chi connectivity index (χ0n) is 12.5. The molecule has 1 aromatic heterocycles. The largest absolute Gasteiger partial charge is 0.460 e. The van der Waals surface area contributed by atoms with Gasteiger partial charge in [0.25, 0.3) is 0 Å². The Morgan fingerprint density at radius 2 is 2.19 bits per heavy atom. The Bertz CT molecular complexity index is 620. The number of likely N-dealkylation sites (tertiary alicyclic amines) is 1. The topological polar surface area (TPSA) is 45.3 Å². The standard InChI is InChI=1S/C17H22N2O2/c1-19-10-6-2-3-7-13(19)12-21-17(20)15-11-18-16-9-5-4-8-14(15)16/h4-5,8-9,11,13,18H,2-3,6-7,10,12H2,1H3. The Morgan fingerprint density at radius 1 is 1.33 bits per heavy atom. The van der Waals surface area contributed by atoms with Crippen molar-refractivity contribution in [3.63, 3.8) is 0 Å². The summed E-state index contributed by atoms with van der Waals surface area (Å²) in [5.74, 6) is -0.231. The molecular formula is C17H22N2O2. The van der Waals surface area contributed by atoms with Crippen molar-refractivity contribution in [1.29, 1.82) is 0 Å². The minimum atomic E-state index is -0.231. The van der Waals surface area contributed by atoms with Crippen LogP contribution in [-0.4, -0.2) is 42.1 Å². The highest BCUT2D eigenvalue weighted by atomic mass is 16.5. The maximum Gasteiger partial charge on any atom is 0.340 e. The number of ether oxygens (including phenoxy) is 1. The molecule has 4 heteroatoms. The van der Waals surface area contributed by atoms with Gasteiger partial charge in [0.05, 0.1) is 5.56 Å². The molecule has 0 radical (unpaired) electrons. The number of carbonyl (C=O) groups excluding carboxylic acids is 1. The number of fused-ring (bicyclic) bond motifs is 1. The van der Waals surface area contributed by atoms with Crippen LogP contribution >= 0.6 is 0 Å². The van der Waals surface area contributed by atoms with E-state index in [0.717, 1.165) is 23.9 Å². The summed E-state index contributed by atoms with van der Waals surface area (Å²) in [5, 5.41) is 0.928. The molecule has 0 bridgehead atoms. The number of aromatic amines is 1. The second-order valence-corrected chi connectivity index (χ2v) is 5.83. The van der Waals surface area contributed by atoms with Gasteiger partial charge >= 0.3 is 5.97 Å². The molecule has 0 aliphatic carbocycles. The summed E-state index contributed by atoms with van der Waals surface area (Å²) in [4.78, 5) is 17.7. The molecule has 112 valence electrons. The van der Waals surface area contributed by atoms with Gasteiger partial charge in [-0.2, -0.15) is 0 Å². The van der Waals surface area contributed by atoms with E-state index in [4.69, 9.17) is 4.74 Å². The Balaban J connectivity index is 1.66. The molecule has 1 aliphatic heterocycles. The number of rotatable bonds is 3. The molecular weight excluding hydrogens is 264 g/mol. The third-order valence-electron chi connectivity index (χ3n) is 4.39. The van der Waals surface area contributed by atoms with Crippen LogP contribution in [0.25, 0.3) is 10.9 Å². The van der Waals surface area contributed by atoms with Crippen LogP contribution in [0.5, 0.6) is 0 Å². The third-order valence-corrected chi connectivity index (χ3v) is 4.39. The molecule has 1 fully saturated rings. The second kappa shape index (κ2) is 6.31. The van der Waals surface area contributed by atoms with E-state index in [1.165, 1.54) is 19.3 Å². The molecule has 1 aliphatic rings. The first kappa shape index (κ1) is 14.1. The number of benzene rings is 1. The highest BCUT2D eigenvalue weighted by Crippen LogP contribution is 2.20. The zero-order chi connectivity index (χ0) is 14.7. The van der Waals surface area contributed by atoms with Crippen molar-refractivity contribution >= 4 is 16.9 Å². The van der Waals surface area contributed by atoms with E-state index in [1.54, 1.807) is 6.20 Å². The number of likely N-dealkylation sites (N-methyl/N-ethyl adjacent to an activating group) is 1. The number of H-pyrrole nitrogens is 1. The molecule has 0 amide bonds. The summed E-state index contributed by atoms with van der Waals surface area (Å²) < 4.78 is 5.56. The van der Waals surface area contributed by atoms with Gasteiger partial charge in [-0.05, 0) is 32.5 Å². The van der Waals surface area contributed by atoms with E-state index in [1.807, 2.05) is 24.3 Å². The van der Waals surface area contributed by atoms with Gasteiger partial charge in [0.1, 0.15) is 6.61 Å². The van der Waals surface area contributed by atoms with Crippen LogP contribution in [0.1, 0.15) is 36.0 Å². The quantitative estimate of drug-likeness (QED) is 0.881. The maximum atomic E-state index is 12.3. The van der Waals surface area contributed by atoms with Gasteiger partial charge in [-0.3, -0.25) is 0 Å². The highest BCUT2D eigenvalue weighted by Gasteiger charge is 2.20. The predicted molar refractivity (Wildman–Crippen MR) is 83.5 cm³/mol. The van der Waals surface area contributed by atoms with Crippen LogP contribution in [0.4, 0.5) is 0 Å². The fourth-order valence-corrected chi connectivity index (χ4v) is 3.02. The molecule has 2 heterocycles. The molecule has 0 saturated carbocycles. The summed E-state index contributed by atoms with van der Waals surface area (Å²) in [7, 11) is 2.12. The zero-order valence-corrected chi connectivity index (χ0v) is 12.5. The third kappa shape index (κ3) is 3.10. The summed E-state index contributed by atoms with van der Waals surface area (Å²) in [6, 6.07) is 8.15. The Kier molecular flexibility index (Phi) is 4.25. The van der Waals surface area contributed by atoms with Gasteiger partial charge in [0, 0.05) is 23.1 Å². The first-order chi connectivity index (χ1) is 10.3. The lowest BCUT2D eigenvalue weighted by atomic mass is 10.1. The molecule has 1 N–H and O–H groups in total. The number of esters is 1. The highest BCUT2D eigenvalue weighted by molar-refractivity contribution is 6.03. The Labute approximate surface area is 125 Å². The minimum absolute atomic E-state index is 0.231. The maximum absolute atomic E-state index is 12.3. The van der Waals surface area contributed by atoms with Crippen LogP contribution in [0.2, 0.25) is 0 Å². The second-order valence-electron chi connectivity index (χ2n) is 5.83. The van der Waals surface area contributed by atoms with Gasteiger partial charge < -0.3 is 14.6 Å². The predicted octanol–water partition coefficient (Wildman–Crippen LogP) is 3.20. The van der Waals surface area contributed by atoms with Crippen molar-refractivity contribution in [3.05, 3.63) is 36.0 Å². The number of nitrogens with one attached hydrogen (secondary N) is 1. The van der Waals surface area contributed by atoms with Crippen molar-refractivity contribution in [2.75, 3.05) is 20.2 Å². The number of nitrogens with zero attached hydrogens (tertiary/aromatic N) is 1. The lowest BCUT2D eigenvalue weighted by Crippen LogP contribution is -2.35. The molecule has 1 aromatic carbocycles. The fraction of sp³-hybridized carbons (Fsp3) is 0.471. The number of aromatic nitrogens is 1. The van der Waals surface area contributed by atoms with E-state index in [0.29, 0.717) is 18.2 Å². The first-order valence-corrected chi connectivity index (χ1v) is 7.69. The van der Waals surface area contributed by atoms with E-state index in [-0.39, 0.29) is 5.97 Å². The van der Waals surface area contributed by atoms with Gasteiger partial charge in [-0.25, -0.2) is 4.79 Å². The number of hydrogen-bond donors (Lipinski definition) is 1. The van der Waals surface area contributed by atoms with Crippen LogP contribution in [0.3, 0.4) is 0 Å². The van der Waals surface area contributed by atoms with Gasteiger partial charge in [0.2, 0.25) is 0 Å². The Morgan fingerprint density at radius 3 is 3.10 bits per heavy atom. The van der Waals surface area contributed by atoms with Crippen LogP contribution in [0.15, 0.2) is 30.5 Å². The molecule has 1 saturated heterocycles. The summed E-state index contributed by atoms with van der Waals surface area (Å²) >= 11 is 0. The molecule has 4 nitrogen and oxygen atoms in total. The van der Waals surface area contributed by atoms with Crippen LogP contribution in [0, 0.1) is 0 Å². The van der Waals surface area contributed by atoms with Crippen molar-refractivity contribution in [1.82, 2.24) is 9.88 Å². The molecule has 0 spiro atoms. The summed E-state index contributed by atoms with van der Waals surface area (Å²) in [6.45, 7) is 1.57. The smallest absolute Gasteiger partial charge is 0.340 e. The number of hydrogen-bond acceptors (Lipinski definition) is 3. The number of carbonyl (C=O) groups is 1. The van der Waals surface area contributed by atoms with E-state index in [9.17, 15) is 4.79 Å². The minimum Gasteiger partial charge on any atom is -0.460 e. The molecule has 1 unspecified atom stereocenters.